The first-order chi connectivity index (χ1) is 8.16. The predicted molar refractivity (Wildman–Crippen MR) is 71.5 cm³/mol. The van der Waals surface area contributed by atoms with E-state index in [1.54, 1.807) is 0 Å². The standard InChI is InChI=1S/C8H18N2O6S2.K/c11-17(12,13)7-5-9-1-2-10(4-3-9)6-8-18(14,15)16;/h1-8H2,(H,11,12,13)(H,14,15,16);. The minimum atomic E-state index is -3.93. The van der Waals surface area contributed by atoms with E-state index >= 15 is 0 Å². The van der Waals surface area contributed by atoms with Gasteiger partial charge in [0, 0.05) is 90.7 Å². The average molecular weight is 341 g/mol. The third kappa shape index (κ3) is 10.7. The molecule has 0 saturated carbocycles. The molecule has 1 rings (SSSR count). The van der Waals surface area contributed by atoms with E-state index in [2.05, 4.69) is 0 Å². The molecule has 0 aromatic heterocycles. The first-order valence-electron chi connectivity index (χ1n) is 5.51. The Balaban J connectivity index is 0.00000324. The molecule has 0 aromatic rings. The number of rotatable bonds is 6. The molecule has 0 atom stereocenters. The van der Waals surface area contributed by atoms with Crippen molar-refractivity contribution in [3.63, 3.8) is 0 Å². The van der Waals surface area contributed by atoms with Crippen molar-refractivity contribution in [2.45, 2.75) is 0 Å². The zero-order valence-electron chi connectivity index (χ0n) is 10.9. The van der Waals surface area contributed by atoms with Gasteiger partial charge >= 0.3 is 0 Å². The van der Waals surface area contributed by atoms with Crippen LogP contribution in [0.1, 0.15) is 0 Å². The van der Waals surface area contributed by atoms with Crippen LogP contribution >= 0.6 is 0 Å². The average Bonchev–Trinajstić information content (AvgIpc) is 2.23. The van der Waals surface area contributed by atoms with Gasteiger partial charge in [-0.2, -0.15) is 16.8 Å². The maximum Gasteiger partial charge on any atom is 0.266 e. The van der Waals surface area contributed by atoms with Crippen molar-refractivity contribution in [3.8, 4) is 0 Å². The molecule has 109 valence electrons. The summed E-state index contributed by atoms with van der Waals surface area (Å²) in [4.78, 5) is 3.77. The fourth-order valence-electron chi connectivity index (χ4n) is 1.73. The van der Waals surface area contributed by atoms with Crippen LogP contribution in [0.15, 0.2) is 0 Å². The van der Waals surface area contributed by atoms with E-state index in [4.69, 9.17) is 9.11 Å². The number of hydrogen-bond acceptors (Lipinski definition) is 6. The molecular weight excluding hydrogens is 323 g/mol. The second kappa shape index (κ2) is 8.73. The van der Waals surface area contributed by atoms with Crippen LogP contribution in [0.2, 0.25) is 0 Å². The SMILES string of the molecule is O=S(=O)(O)CCN1CCN(CCS(=O)(=O)O)CC1.[K]. The fourth-order valence-corrected chi connectivity index (χ4v) is 2.70. The van der Waals surface area contributed by atoms with Gasteiger partial charge in [0.15, 0.2) is 0 Å². The van der Waals surface area contributed by atoms with Crippen molar-refractivity contribution in [2.24, 2.45) is 0 Å². The predicted octanol–water partition coefficient (Wildman–Crippen LogP) is -2.00. The fraction of sp³-hybridized carbons (Fsp3) is 1.00. The van der Waals surface area contributed by atoms with Crippen molar-refractivity contribution >= 4 is 71.6 Å². The van der Waals surface area contributed by atoms with Crippen LogP contribution < -0.4 is 0 Å². The quantitative estimate of drug-likeness (QED) is 0.421. The molecule has 19 heavy (non-hydrogen) atoms. The van der Waals surface area contributed by atoms with Crippen LogP contribution in [0.4, 0.5) is 0 Å². The number of hydrogen-bond donors (Lipinski definition) is 2. The monoisotopic (exact) mass is 341 g/mol. The van der Waals surface area contributed by atoms with Gasteiger partial charge < -0.3 is 0 Å². The molecule has 1 aliphatic heterocycles. The summed E-state index contributed by atoms with van der Waals surface area (Å²) in [5.74, 6) is -0.587. The molecule has 1 fully saturated rings. The molecule has 0 aromatic carbocycles. The zero-order valence-corrected chi connectivity index (χ0v) is 15.7. The van der Waals surface area contributed by atoms with E-state index in [0.717, 1.165) is 0 Å². The summed E-state index contributed by atoms with van der Waals surface area (Å²) in [6, 6.07) is 0. The molecule has 0 bridgehead atoms. The van der Waals surface area contributed by atoms with Gasteiger partial charge in [0.05, 0.1) is 11.5 Å². The molecule has 8 nitrogen and oxygen atoms in total. The van der Waals surface area contributed by atoms with Crippen LogP contribution in [0, 0.1) is 0 Å². The van der Waals surface area contributed by atoms with Gasteiger partial charge in [-0.05, 0) is 0 Å². The first-order valence-corrected chi connectivity index (χ1v) is 8.72. The van der Waals surface area contributed by atoms with Crippen LogP contribution in [-0.4, -0.2) is 138 Å². The van der Waals surface area contributed by atoms with Crippen molar-refractivity contribution in [2.75, 3.05) is 50.8 Å². The van der Waals surface area contributed by atoms with Gasteiger partial charge in [-0.3, -0.25) is 18.9 Å². The molecule has 1 radical (unpaired) electrons. The van der Waals surface area contributed by atoms with Gasteiger partial charge in [-0.15, -0.1) is 0 Å². The second-order valence-electron chi connectivity index (χ2n) is 4.26. The van der Waals surface area contributed by atoms with Crippen LogP contribution in [0.5, 0.6) is 0 Å². The molecule has 2 N–H and O–H groups in total. The maximum atomic E-state index is 10.6. The third-order valence-electron chi connectivity index (χ3n) is 2.80. The first kappa shape index (κ1) is 20.4. The summed E-state index contributed by atoms with van der Waals surface area (Å²) in [6.07, 6.45) is 0. The van der Waals surface area contributed by atoms with E-state index in [1.165, 1.54) is 0 Å². The van der Waals surface area contributed by atoms with E-state index in [1.807, 2.05) is 9.80 Å². The molecule has 1 saturated heterocycles. The van der Waals surface area contributed by atoms with Crippen LogP contribution in [0.25, 0.3) is 0 Å². The number of nitrogens with zero attached hydrogens (tertiary/aromatic N) is 2. The Morgan fingerprint density at radius 2 is 1.00 bits per heavy atom. The third-order valence-corrected chi connectivity index (χ3v) is 4.19. The summed E-state index contributed by atoms with van der Waals surface area (Å²) < 4.78 is 59.5. The Kier molecular flexibility index (Phi) is 9.36. The Morgan fingerprint density at radius 1 is 0.737 bits per heavy atom. The number of piperazine rings is 1. The molecule has 11 heteroatoms. The normalized spacial score (nSPS) is 19.1. The van der Waals surface area contributed by atoms with Crippen molar-refractivity contribution in [1.82, 2.24) is 9.80 Å². The van der Waals surface area contributed by atoms with E-state index in [9.17, 15) is 16.8 Å². The topological polar surface area (TPSA) is 115 Å². The minimum Gasteiger partial charge on any atom is -0.300 e. The van der Waals surface area contributed by atoms with Gasteiger partial charge in [0.2, 0.25) is 0 Å². The van der Waals surface area contributed by atoms with Crippen molar-refractivity contribution in [1.29, 1.82) is 0 Å². The van der Waals surface area contributed by atoms with E-state index in [0.29, 0.717) is 26.2 Å². The second-order valence-corrected chi connectivity index (χ2v) is 7.40. The smallest absolute Gasteiger partial charge is 0.266 e. The summed E-state index contributed by atoms with van der Waals surface area (Å²) in [6.45, 7) is 2.99. The Bertz CT molecular complexity index is 414. The summed E-state index contributed by atoms with van der Waals surface area (Å²) in [5.41, 5.74) is 0. The molecule has 0 aliphatic carbocycles. The van der Waals surface area contributed by atoms with E-state index < -0.39 is 20.2 Å². The van der Waals surface area contributed by atoms with Crippen LogP contribution in [-0.2, 0) is 20.2 Å². The van der Waals surface area contributed by atoms with Gasteiger partial charge in [0.1, 0.15) is 0 Å². The summed E-state index contributed by atoms with van der Waals surface area (Å²) in [5, 5.41) is 0. The van der Waals surface area contributed by atoms with Crippen molar-refractivity contribution < 1.29 is 25.9 Å². The van der Waals surface area contributed by atoms with Crippen LogP contribution in [0.3, 0.4) is 0 Å². The maximum absolute atomic E-state index is 10.6. The van der Waals surface area contributed by atoms with Gasteiger partial charge in [0.25, 0.3) is 20.2 Å². The molecular formula is C8H18KN2O6S2. The molecule has 1 heterocycles. The zero-order chi connectivity index (χ0) is 13.8. The Morgan fingerprint density at radius 3 is 1.21 bits per heavy atom. The van der Waals surface area contributed by atoms with Gasteiger partial charge in [-0.1, -0.05) is 0 Å². The molecule has 0 unspecified atom stereocenters. The largest absolute Gasteiger partial charge is 0.300 e. The summed E-state index contributed by atoms with van der Waals surface area (Å²) >= 11 is 0. The molecule has 0 amide bonds. The Hall–Kier alpha value is 1.38. The molecule has 0 spiro atoms. The summed E-state index contributed by atoms with van der Waals surface area (Å²) in [7, 11) is -7.87. The van der Waals surface area contributed by atoms with Gasteiger partial charge in [-0.25, -0.2) is 0 Å². The van der Waals surface area contributed by atoms with E-state index in [-0.39, 0.29) is 76.0 Å². The minimum absolute atomic E-state index is 0. The Labute approximate surface area is 156 Å². The van der Waals surface area contributed by atoms with Crippen molar-refractivity contribution in [3.05, 3.63) is 0 Å². The molecule has 1 aliphatic rings.